The lowest BCUT2D eigenvalue weighted by Gasteiger charge is -2.38. The molecule has 5 heteroatoms. The van der Waals surface area contributed by atoms with Crippen molar-refractivity contribution in [2.45, 2.75) is 25.3 Å². The summed E-state index contributed by atoms with van der Waals surface area (Å²) >= 11 is 6.30. The molecule has 1 aliphatic heterocycles. The zero-order valence-corrected chi connectivity index (χ0v) is 14.0. The minimum Gasteiger partial charge on any atom is -0.377 e. The molecule has 1 aliphatic carbocycles. The summed E-state index contributed by atoms with van der Waals surface area (Å²) in [6.07, 6.45) is 5.50. The number of nitro benzene ring substituents is 1. The van der Waals surface area contributed by atoms with Crippen LogP contribution in [0.3, 0.4) is 0 Å². The third-order valence-electron chi connectivity index (χ3n) is 5.19. The predicted octanol–water partition coefficient (Wildman–Crippen LogP) is 5.38. The number of hydrogen-bond acceptors (Lipinski definition) is 3. The molecule has 4 rings (SSSR count). The Kier molecular flexibility index (Phi) is 3.57. The van der Waals surface area contributed by atoms with E-state index in [0.717, 1.165) is 28.3 Å². The van der Waals surface area contributed by atoms with E-state index in [1.807, 2.05) is 25.1 Å². The summed E-state index contributed by atoms with van der Waals surface area (Å²) in [5.74, 6) is 0.775. The van der Waals surface area contributed by atoms with Crippen molar-refractivity contribution in [2.75, 3.05) is 5.32 Å². The van der Waals surface area contributed by atoms with Crippen molar-refractivity contribution in [2.24, 2.45) is 5.92 Å². The molecule has 0 fully saturated rings. The minimum atomic E-state index is -0.364. The molecule has 2 aromatic rings. The molecule has 1 heterocycles. The van der Waals surface area contributed by atoms with Gasteiger partial charge in [0.05, 0.1) is 11.0 Å². The highest BCUT2D eigenvalue weighted by molar-refractivity contribution is 6.31. The normalized spacial score (nSPS) is 24.2. The van der Waals surface area contributed by atoms with Crippen molar-refractivity contribution >= 4 is 23.0 Å². The molecule has 24 heavy (non-hydrogen) atoms. The highest BCUT2D eigenvalue weighted by Crippen LogP contribution is 2.51. The number of hydrogen-bond donors (Lipinski definition) is 1. The first-order chi connectivity index (χ1) is 11.6. The lowest BCUT2D eigenvalue weighted by Crippen LogP contribution is -2.29. The van der Waals surface area contributed by atoms with Crippen molar-refractivity contribution in [3.05, 3.63) is 80.4 Å². The smallest absolute Gasteiger partial charge is 0.269 e. The molecule has 4 nitrogen and oxygen atoms in total. The van der Waals surface area contributed by atoms with Gasteiger partial charge in [0.2, 0.25) is 0 Å². The van der Waals surface area contributed by atoms with Gasteiger partial charge in [0.15, 0.2) is 0 Å². The van der Waals surface area contributed by atoms with Crippen LogP contribution in [0.25, 0.3) is 0 Å². The number of benzene rings is 2. The number of nitrogens with one attached hydrogen (secondary N) is 1. The summed E-state index contributed by atoms with van der Waals surface area (Å²) in [5.41, 5.74) is 4.63. The largest absolute Gasteiger partial charge is 0.377 e. The Morgan fingerprint density at radius 1 is 1.21 bits per heavy atom. The van der Waals surface area contributed by atoms with Crippen molar-refractivity contribution in [1.29, 1.82) is 0 Å². The molecule has 0 radical (unpaired) electrons. The molecular formula is C19H17ClN2O2. The van der Waals surface area contributed by atoms with Crippen molar-refractivity contribution < 1.29 is 4.92 Å². The van der Waals surface area contributed by atoms with Crippen LogP contribution in [0, 0.1) is 23.0 Å². The first-order valence-electron chi connectivity index (χ1n) is 8.03. The van der Waals surface area contributed by atoms with Crippen LogP contribution in [0.2, 0.25) is 5.02 Å². The molecule has 2 aliphatic rings. The van der Waals surface area contributed by atoms with Gasteiger partial charge in [-0.3, -0.25) is 10.1 Å². The summed E-state index contributed by atoms with van der Waals surface area (Å²) in [5, 5.41) is 15.3. The Bertz CT molecular complexity index is 845. The van der Waals surface area contributed by atoms with E-state index >= 15 is 0 Å². The number of nitro groups is 1. The first kappa shape index (κ1) is 15.2. The highest BCUT2D eigenvalue weighted by atomic mass is 35.5. The molecule has 0 unspecified atom stereocenters. The van der Waals surface area contributed by atoms with Gasteiger partial charge in [-0.2, -0.15) is 0 Å². The van der Waals surface area contributed by atoms with E-state index in [0.29, 0.717) is 11.8 Å². The average Bonchev–Trinajstić information content (AvgIpc) is 3.07. The second-order valence-electron chi connectivity index (χ2n) is 6.46. The number of halogens is 1. The maximum Gasteiger partial charge on any atom is 0.269 e. The van der Waals surface area contributed by atoms with Crippen molar-refractivity contribution in [3.63, 3.8) is 0 Å². The fraction of sp³-hybridized carbons (Fsp3) is 0.263. The summed E-state index contributed by atoms with van der Waals surface area (Å²) < 4.78 is 0. The number of non-ortho nitro benzene ring substituents is 1. The van der Waals surface area contributed by atoms with E-state index in [-0.39, 0.29) is 16.7 Å². The number of nitrogens with zero attached hydrogens (tertiary/aromatic N) is 1. The van der Waals surface area contributed by atoms with Crippen LogP contribution in [0.15, 0.2) is 48.6 Å². The molecule has 122 valence electrons. The van der Waals surface area contributed by atoms with Gasteiger partial charge in [0, 0.05) is 28.8 Å². The van der Waals surface area contributed by atoms with Gasteiger partial charge in [0.1, 0.15) is 0 Å². The van der Waals surface area contributed by atoms with E-state index in [4.69, 9.17) is 11.6 Å². The average molecular weight is 341 g/mol. The fourth-order valence-corrected chi connectivity index (χ4v) is 4.08. The van der Waals surface area contributed by atoms with Crippen LogP contribution in [0.5, 0.6) is 0 Å². The molecular weight excluding hydrogens is 324 g/mol. The zero-order valence-electron chi connectivity index (χ0n) is 13.2. The van der Waals surface area contributed by atoms with Crippen molar-refractivity contribution in [1.82, 2.24) is 0 Å². The van der Waals surface area contributed by atoms with Gasteiger partial charge in [-0.05, 0) is 42.0 Å². The molecule has 0 aromatic heterocycles. The van der Waals surface area contributed by atoms with Gasteiger partial charge < -0.3 is 5.32 Å². The van der Waals surface area contributed by atoms with Gasteiger partial charge in [-0.25, -0.2) is 0 Å². The summed E-state index contributed by atoms with van der Waals surface area (Å²) in [6.45, 7) is 2.03. The molecule has 3 atom stereocenters. The molecule has 0 bridgehead atoms. The molecule has 1 N–H and O–H groups in total. The number of anilines is 1. The third kappa shape index (κ3) is 2.29. The summed E-state index contributed by atoms with van der Waals surface area (Å²) in [6, 6.07) is 11.1. The van der Waals surface area contributed by atoms with Crippen LogP contribution in [0.1, 0.15) is 35.1 Å². The predicted molar refractivity (Wildman–Crippen MR) is 95.6 cm³/mol. The highest BCUT2D eigenvalue weighted by Gasteiger charge is 2.38. The second kappa shape index (κ2) is 5.64. The quantitative estimate of drug-likeness (QED) is 0.453. The Labute approximate surface area is 145 Å². The van der Waals surface area contributed by atoms with Crippen LogP contribution in [-0.2, 0) is 0 Å². The van der Waals surface area contributed by atoms with Crippen LogP contribution >= 0.6 is 11.6 Å². The van der Waals surface area contributed by atoms with Crippen LogP contribution < -0.4 is 5.32 Å². The maximum absolute atomic E-state index is 10.9. The Morgan fingerprint density at radius 3 is 2.67 bits per heavy atom. The third-order valence-corrected chi connectivity index (χ3v) is 5.60. The van der Waals surface area contributed by atoms with E-state index in [1.165, 1.54) is 5.56 Å². The first-order valence-corrected chi connectivity index (χ1v) is 8.40. The standard InChI is InChI=1S/C19H17ClN2O2/c1-11-17(20)10-9-16-14-3-2-4-15(14)19(21-18(11)16)12-5-7-13(8-6-12)22(23)24/h2-3,5-10,14-15,19,21H,4H2,1H3/t14-,15-,19+/m0/s1. The fourth-order valence-electron chi connectivity index (χ4n) is 3.92. The van der Waals surface area contributed by atoms with Gasteiger partial charge in [0.25, 0.3) is 5.69 Å². The number of fused-ring (bicyclic) bond motifs is 3. The molecule has 0 amide bonds. The molecule has 0 saturated carbocycles. The van der Waals surface area contributed by atoms with E-state index in [9.17, 15) is 10.1 Å². The van der Waals surface area contributed by atoms with Gasteiger partial charge >= 0.3 is 0 Å². The summed E-state index contributed by atoms with van der Waals surface area (Å²) in [7, 11) is 0. The second-order valence-corrected chi connectivity index (χ2v) is 6.87. The number of allylic oxidation sites excluding steroid dienone is 2. The molecule has 0 spiro atoms. The van der Waals surface area contributed by atoms with E-state index in [1.54, 1.807) is 12.1 Å². The topological polar surface area (TPSA) is 55.2 Å². The van der Waals surface area contributed by atoms with E-state index < -0.39 is 0 Å². The Morgan fingerprint density at radius 2 is 1.96 bits per heavy atom. The zero-order chi connectivity index (χ0) is 16.8. The molecule has 2 aromatic carbocycles. The SMILES string of the molecule is Cc1c(Cl)ccc2c1N[C@H](c1ccc([N+](=O)[O-])cc1)[C@H]1CC=C[C@H]21. The van der Waals surface area contributed by atoms with E-state index in [2.05, 4.69) is 23.5 Å². The van der Waals surface area contributed by atoms with Crippen LogP contribution in [-0.4, -0.2) is 4.92 Å². The van der Waals surface area contributed by atoms with Gasteiger partial charge in [-0.15, -0.1) is 0 Å². The summed E-state index contributed by atoms with van der Waals surface area (Å²) in [4.78, 5) is 10.5. The molecule has 0 saturated heterocycles. The Hall–Kier alpha value is -2.33. The minimum absolute atomic E-state index is 0.121. The lowest BCUT2D eigenvalue weighted by molar-refractivity contribution is -0.384. The van der Waals surface area contributed by atoms with Gasteiger partial charge in [-0.1, -0.05) is 42.0 Å². The lowest BCUT2D eigenvalue weighted by atomic mass is 9.76. The Balaban J connectivity index is 1.77. The number of rotatable bonds is 2. The van der Waals surface area contributed by atoms with Crippen LogP contribution in [0.4, 0.5) is 11.4 Å². The maximum atomic E-state index is 10.9. The van der Waals surface area contributed by atoms with Crippen molar-refractivity contribution in [3.8, 4) is 0 Å². The monoisotopic (exact) mass is 340 g/mol.